The summed E-state index contributed by atoms with van der Waals surface area (Å²) >= 11 is 0. The third-order valence-corrected chi connectivity index (χ3v) is 3.89. The van der Waals surface area contributed by atoms with Gasteiger partial charge in [-0.15, -0.1) is 0 Å². The van der Waals surface area contributed by atoms with E-state index in [4.69, 9.17) is 9.47 Å². The molecule has 0 bridgehead atoms. The fourth-order valence-corrected chi connectivity index (χ4v) is 2.37. The van der Waals surface area contributed by atoms with Crippen molar-refractivity contribution < 1.29 is 9.47 Å². The zero-order valence-corrected chi connectivity index (χ0v) is 13.4. The van der Waals surface area contributed by atoms with E-state index in [2.05, 4.69) is 34.6 Å². The number of methoxy groups -OCH3 is 1. The standard InChI is InChI=1S/C16H34O2/c1-7-13-16(5,8-2)18-15(4)12-10-9-11-14(3)17-6/h14-15H,7-13H2,1-6H3. The smallest absolute Gasteiger partial charge is 0.0655 e. The first-order chi connectivity index (χ1) is 8.47. The first kappa shape index (κ1) is 17.9. The molecule has 0 spiro atoms. The second-order valence-corrected chi connectivity index (χ2v) is 5.81. The van der Waals surface area contributed by atoms with Crippen molar-refractivity contribution in [3.63, 3.8) is 0 Å². The van der Waals surface area contributed by atoms with Crippen molar-refractivity contribution >= 4 is 0 Å². The Hall–Kier alpha value is -0.0800. The molecule has 3 unspecified atom stereocenters. The lowest BCUT2D eigenvalue weighted by Gasteiger charge is -2.32. The van der Waals surface area contributed by atoms with Crippen LogP contribution in [0.4, 0.5) is 0 Å². The minimum atomic E-state index is 0.0774. The van der Waals surface area contributed by atoms with Gasteiger partial charge in [-0.3, -0.25) is 0 Å². The molecule has 0 fully saturated rings. The van der Waals surface area contributed by atoms with Crippen LogP contribution in [-0.4, -0.2) is 24.9 Å². The molecule has 0 aromatic heterocycles. The van der Waals surface area contributed by atoms with Gasteiger partial charge in [0.25, 0.3) is 0 Å². The highest BCUT2D eigenvalue weighted by atomic mass is 16.5. The minimum Gasteiger partial charge on any atom is -0.382 e. The Kier molecular flexibility index (Phi) is 9.76. The Bertz CT molecular complexity index is 194. The van der Waals surface area contributed by atoms with E-state index in [0.717, 1.165) is 25.7 Å². The maximum Gasteiger partial charge on any atom is 0.0655 e. The van der Waals surface area contributed by atoms with Crippen molar-refractivity contribution in [3.05, 3.63) is 0 Å². The Morgan fingerprint density at radius 2 is 1.56 bits per heavy atom. The molecule has 0 amide bonds. The Morgan fingerprint density at radius 3 is 2.00 bits per heavy atom. The first-order valence-electron chi connectivity index (χ1n) is 7.68. The van der Waals surface area contributed by atoms with E-state index in [0.29, 0.717) is 12.2 Å². The van der Waals surface area contributed by atoms with Crippen LogP contribution in [0.5, 0.6) is 0 Å². The summed E-state index contributed by atoms with van der Waals surface area (Å²) in [7, 11) is 1.79. The van der Waals surface area contributed by atoms with Crippen LogP contribution in [0, 0.1) is 0 Å². The molecule has 2 heteroatoms. The summed E-state index contributed by atoms with van der Waals surface area (Å²) in [5.74, 6) is 0. The molecule has 0 saturated carbocycles. The quantitative estimate of drug-likeness (QED) is 0.488. The zero-order chi connectivity index (χ0) is 14.0. The molecule has 0 aliphatic heterocycles. The van der Waals surface area contributed by atoms with E-state index in [1.165, 1.54) is 19.3 Å². The number of ether oxygens (including phenoxy) is 2. The maximum atomic E-state index is 6.23. The van der Waals surface area contributed by atoms with Crippen molar-refractivity contribution in [2.45, 2.75) is 97.4 Å². The molecule has 0 heterocycles. The predicted octanol–water partition coefficient (Wildman–Crippen LogP) is 4.96. The van der Waals surface area contributed by atoms with E-state index >= 15 is 0 Å². The van der Waals surface area contributed by atoms with Crippen molar-refractivity contribution in [2.75, 3.05) is 7.11 Å². The van der Waals surface area contributed by atoms with Gasteiger partial charge < -0.3 is 9.47 Å². The molecule has 0 saturated heterocycles. The molecule has 0 aromatic rings. The Balaban J connectivity index is 3.78. The summed E-state index contributed by atoms with van der Waals surface area (Å²) in [5, 5.41) is 0. The first-order valence-corrected chi connectivity index (χ1v) is 7.68. The third-order valence-electron chi connectivity index (χ3n) is 3.89. The number of hydrogen-bond donors (Lipinski definition) is 0. The molecule has 0 rings (SSSR count). The lowest BCUT2D eigenvalue weighted by Crippen LogP contribution is -2.31. The Morgan fingerprint density at radius 1 is 1.00 bits per heavy atom. The van der Waals surface area contributed by atoms with Crippen LogP contribution in [-0.2, 0) is 9.47 Å². The second kappa shape index (κ2) is 9.80. The van der Waals surface area contributed by atoms with Crippen LogP contribution >= 0.6 is 0 Å². The van der Waals surface area contributed by atoms with Gasteiger partial charge in [0.1, 0.15) is 0 Å². The van der Waals surface area contributed by atoms with E-state index in [1.54, 1.807) is 7.11 Å². The monoisotopic (exact) mass is 258 g/mol. The van der Waals surface area contributed by atoms with Gasteiger partial charge in [-0.25, -0.2) is 0 Å². The molecule has 110 valence electrons. The summed E-state index contributed by atoms with van der Waals surface area (Å²) in [6.07, 6.45) is 9.02. The van der Waals surface area contributed by atoms with Crippen molar-refractivity contribution in [3.8, 4) is 0 Å². The van der Waals surface area contributed by atoms with Crippen molar-refractivity contribution in [1.82, 2.24) is 0 Å². The van der Waals surface area contributed by atoms with Gasteiger partial charge in [-0.05, 0) is 46.5 Å². The fourth-order valence-electron chi connectivity index (χ4n) is 2.37. The van der Waals surface area contributed by atoms with Crippen LogP contribution in [0.3, 0.4) is 0 Å². The van der Waals surface area contributed by atoms with Gasteiger partial charge in [-0.1, -0.05) is 33.1 Å². The topological polar surface area (TPSA) is 18.5 Å². The lowest BCUT2D eigenvalue weighted by atomic mass is 9.96. The SMILES string of the molecule is CCCC(C)(CC)OC(C)CCCCC(C)OC. The normalized spacial score (nSPS) is 18.3. The van der Waals surface area contributed by atoms with Gasteiger partial charge in [0.15, 0.2) is 0 Å². The number of hydrogen-bond acceptors (Lipinski definition) is 2. The van der Waals surface area contributed by atoms with E-state index in [1.807, 2.05) is 0 Å². The van der Waals surface area contributed by atoms with Crippen LogP contribution in [0.2, 0.25) is 0 Å². The summed E-state index contributed by atoms with van der Waals surface area (Å²) < 4.78 is 11.5. The molecular weight excluding hydrogens is 224 g/mol. The number of rotatable bonds is 11. The molecule has 18 heavy (non-hydrogen) atoms. The van der Waals surface area contributed by atoms with E-state index < -0.39 is 0 Å². The molecule has 2 nitrogen and oxygen atoms in total. The molecule has 0 aliphatic rings. The van der Waals surface area contributed by atoms with Gasteiger partial charge >= 0.3 is 0 Å². The average molecular weight is 258 g/mol. The summed E-state index contributed by atoms with van der Waals surface area (Å²) in [6, 6.07) is 0. The molecule has 0 aliphatic carbocycles. The summed E-state index contributed by atoms with van der Waals surface area (Å²) in [6.45, 7) is 11.1. The fraction of sp³-hybridized carbons (Fsp3) is 1.00. The molecule has 0 N–H and O–H groups in total. The van der Waals surface area contributed by atoms with Crippen LogP contribution in [0.25, 0.3) is 0 Å². The highest BCUT2D eigenvalue weighted by Crippen LogP contribution is 2.25. The minimum absolute atomic E-state index is 0.0774. The van der Waals surface area contributed by atoms with Crippen LogP contribution in [0.15, 0.2) is 0 Å². The summed E-state index contributed by atoms with van der Waals surface area (Å²) in [4.78, 5) is 0. The second-order valence-electron chi connectivity index (χ2n) is 5.81. The van der Waals surface area contributed by atoms with Crippen LogP contribution in [0.1, 0.15) is 79.6 Å². The average Bonchev–Trinajstić information content (AvgIpc) is 2.34. The van der Waals surface area contributed by atoms with E-state index in [-0.39, 0.29) is 5.60 Å². The van der Waals surface area contributed by atoms with Gasteiger partial charge in [-0.2, -0.15) is 0 Å². The third kappa shape index (κ3) is 8.10. The van der Waals surface area contributed by atoms with Gasteiger partial charge in [0.2, 0.25) is 0 Å². The largest absolute Gasteiger partial charge is 0.382 e. The predicted molar refractivity (Wildman–Crippen MR) is 79.1 cm³/mol. The van der Waals surface area contributed by atoms with Gasteiger partial charge in [0.05, 0.1) is 17.8 Å². The maximum absolute atomic E-state index is 6.23. The number of unbranched alkanes of at least 4 members (excludes halogenated alkanes) is 1. The van der Waals surface area contributed by atoms with Crippen molar-refractivity contribution in [2.24, 2.45) is 0 Å². The van der Waals surface area contributed by atoms with Crippen LogP contribution < -0.4 is 0 Å². The lowest BCUT2D eigenvalue weighted by molar-refractivity contribution is -0.0861. The highest BCUT2D eigenvalue weighted by molar-refractivity contribution is 4.74. The molecule has 3 atom stereocenters. The van der Waals surface area contributed by atoms with E-state index in [9.17, 15) is 0 Å². The van der Waals surface area contributed by atoms with Crippen molar-refractivity contribution in [1.29, 1.82) is 0 Å². The molecule has 0 radical (unpaired) electrons. The zero-order valence-electron chi connectivity index (χ0n) is 13.4. The molecular formula is C16H34O2. The molecule has 0 aromatic carbocycles. The van der Waals surface area contributed by atoms with Gasteiger partial charge in [0, 0.05) is 7.11 Å². The summed E-state index contributed by atoms with van der Waals surface area (Å²) in [5.41, 5.74) is 0.0774. The Labute approximate surface area is 114 Å². The highest BCUT2D eigenvalue weighted by Gasteiger charge is 2.23.